The lowest BCUT2D eigenvalue weighted by Gasteiger charge is -2.16. The van der Waals surface area contributed by atoms with Crippen LogP contribution in [0.15, 0.2) is 36.7 Å². The molecule has 0 saturated carbocycles. The largest absolute Gasteiger partial charge is 0.478 e. The number of aliphatic carboxylic acids is 1. The molecular weight excluding hydrogens is 230 g/mol. The summed E-state index contributed by atoms with van der Waals surface area (Å²) in [6.07, 6.45) is 4.54. The zero-order valence-electron chi connectivity index (χ0n) is 10.4. The SMILES string of the molecule is CN(C/C=C/C(=O)O)c1ccc2c(c1)ncn2C. The Balaban J connectivity index is 2.17. The molecule has 0 aliphatic heterocycles. The lowest BCUT2D eigenvalue weighted by atomic mass is 10.2. The normalized spacial score (nSPS) is 11.2. The highest BCUT2D eigenvalue weighted by molar-refractivity contribution is 5.80. The van der Waals surface area contributed by atoms with E-state index in [2.05, 4.69) is 4.98 Å². The zero-order valence-corrected chi connectivity index (χ0v) is 10.4. The molecule has 0 atom stereocenters. The first-order valence-electron chi connectivity index (χ1n) is 5.59. The number of rotatable bonds is 4. The number of carbonyl (C=O) groups is 1. The van der Waals surface area contributed by atoms with Gasteiger partial charge in [-0.05, 0) is 18.2 Å². The molecule has 0 aliphatic carbocycles. The summed E-state index contributed by atoms with van der Waals surface area (Å²) < 4.78 is 1.96. The van der Waals surface area contributed by atoms with Crippen LogP contribution < -0.4 is 4.90 Å². The smallest absolute Gasteiger partial charge is 0.328 e. The average Bonchev–Trinajstić information content (AvgIpc) is 2.70. The maximum absolute atomic E-state index is 10.4. The number of likely N-dealkylation sites (N-methyl/N-ethyl adjacent to an activating group) is 1. The second kappa shape index (κ2) is 4.91. The van der Waals surface area contributed by atoms with E-state index in [1.807, 2.05) is 41.8 Å². The Morgan fingerprint density at radius 2 is 2.33 bits per heavy atom. The van der Waals surface area contributed by atoms with Crippen molar-refractivity contribution in [3.05, 3.63) is 36.7 Å². The molecule has 0 aliphatic rings. The number of fused-ring (bicyclic) bond motifs is 1. The van der Waals surface area contributed by atoms with E-state index in [1.54, 1.807) is 12.4 Å². The fourth-order valence-corrected chi connectivity index (χ4v) is 1.78. The van der Waals surface area contributed by atoms with E-state index in [0.717, 1.165) is 22.8 Å². The first-order chi connectivity index (χ1) is 8.58. The highest BCUT2D eigenvalue weighted by Crippen LogP contribution is 2.19. The highest BCUT2D eigenvalue weighted by atomic mass is 16.4. The monoisotopic (exact) mass is 245 g/mol. The number of nitrogens with zero attached hydrogens (tertiary/aromatic N) is 3. The van der Waals surface area contributed by atoms with Gasteiger partial charge in [-0.2, -0.15) is 0 Å². The predicted octanol–water partition coefficient (Wildman–Crippen LogP) is 1.65. The first kappa shape index (κ1) is 12.2. The van der Waals surface area contributed by atoms with Gasteiger partial charge in [-0.15, -0.1) is 0 Å². The summed E-state index contributed by atoms with van der Waals surface area (Å²) >= 11 is 0. The summed E-state index contributed by atoms with van der Waals surface area (Å²) in [6, 6.07) is 6.00. The zero-order chi connectivity index (χ0) is 13.1. The fraction of sp³-hybridized carbons (Fsp3) is 0.231. The van der Waals surface area contributed by atoms with Crippen molar-refractivity contribution in [2.24, 2.45) is 7.05 Å². The van der Waals surface area contributed by atoms with Crippen LogP contribution in [0.25, 0.3) is 11.0 Å². The van der Waals surface area contributed by atoms with Gasteiger partial charge in [0.2, 0.25) is 0 Å². The van der Waals surface area contributed by atoms with Crippen molar-refractivity contribution in [2.75, 3.05) is 18.5 Å². The number of carboxylic acid groups (broad SMARTS) is 1. The van der Waals surface area contributed by atoms with E-state index in [1.165, 1.54) is 0 Å². The summed E-state index contributed by atoms with van der Waals surface area (Å²) in [7, 11) is 3.87. The van der Waals surface area contributed by atoms with E-state index >= 15 is 0 Å². The summed E-state index contributed by atoms with van der Waals surface area (Å²) in [5, 5.41) is 8.52. The number of benzene rings is 1. The van der Waals surface area contributed by atoms with Gasteiger partial charge in [-0.25, -0.2) is 9.78 Å². The molecule has 0 bridgehead atoms. The molecule has 0 unspecified atom stereocenters. The third-order valence-corrected chi connectivity index (χ3v) is 2.79. The van der Waals surface area contributed by atoms with Gasteiger partial charge in [0.15, 0.2) is 0 Å². The summed E-state index contributed by atoms with van der Waals surface area (Å²) in [5.41, 5.74) is 3.02. The quantitative estimate of drug-likeness (QED) is 0.832. The van der Waals surface area contributed by atoms with Crippen molar-refractivity contribution in [2.45, 2.75) is 0 Å². The molecule has 2 aromatic rings. The second-order valence-corrected chi connectivity index (χ2v) is 4.15. The standard InChI is InChI=1S/C13H15N3O2/c1-15(7-3-4-13(17)18)10-5-6-12-11(8-10)14-9-16(12)2/h3-6,8-9H,7H2,1-2H3,(H,17,18)/b4-3+. The van der Waals surface area contributed by atoms with Crippen molar-refractivity contribution in [1.82, 2.24) is 9.55 Å². The number of anilines is 1. The van der Waals surface area contributed by atoms with Crippen LogP contribution in [0, 0.1) is 0 Å². The molecule has 0 saturated heterocycles. The molecular formula is C13H15N3O2. The van der Waals surface area contributed by atoms with Crippen molar-refractivity contribution in [3.8, 4) is 0 Å². The van der Waals surface area contributed by atoms with Gasteiger partial charge >= 0.3 is 5.97 Å². The molecule has 0 amide bonds. The van der Waals surface area contributed by atoms with Gasteiger partial charge in [0.1, 0.15) is 0 Å². The minimum atomic E-state index is -0.927. The number of aryl methyl sites for hydroxylation is 1. The van der Waals surface area contributed by atoms with Gasteiger partial charge in [-0.3, -0.25) is 0 Å². The lowest BCUT2D eigenvalue weighted by Crippen LogP contribution is -2.16. The number of aromatic nitrogens is 2. The molecule has 2 rings (SSSR count). The maximum Gasteiger partial charge on any atom is 0.328 e. The van der Waals surface area contributed by atoms with Crippen molar-refractivity contribution < 1.29 is 9.90 Å². The molecule has 18 heavy (non-hydrogen) atoms. The Morgan fingerprint density at radius 3 is 3.06 bits per heavy atom. The fourth-order valence-electron chi connectivity index (χ4n) is 1.78. The van der Waals surface area contributed by atoms with Crippen LogP contribution in [0.2, 0.25) is 0 Å². The molecule has 1 heterocycles. The topological polar surface area (TPSA) is 58.4 Å². The Hall–Kier alpha value is -2.30. The van der Waals surface area contributed by atoms with Gasteiger partial charge in [0, 0.05) is 32.4 Å². The molecule has 1 N–H and O–H groups in total. The Morgan fingerprint density at radius 1 is 1.56 bits per heavy atom. The van der Waals surface area contributed by atoms with E-state index in [0.29, 0.717) is 6.54 Å². The molecule has 1 aromatic heterocycles. The molecule has 0 fully saturated rings. The summed E-state index contributed by atoms with van der Waals surface area (Å²) in [6.45, 7) is 0.546. The van der Waals surface area contributed by atoms with Gasteiger partial charge in [-0.1, -0.05) is 6.08 Å². The summed E-state index contributed by atoms with van der Waals surface area (Å²) in [5.74, 6) is -0.927. The number of carboxylic acids is 1. The van der Waals surface area contributed by atoms with E-state index in [9.17, 15) is 4.79 Å². The van der Waals surface area contributed by atoms with Crippen LogP contribution in [0.3, 0.4) is 0 Å². The molecule has 5 nitrogen and oxygen atoms in total. The van der Waals surface area contributed by atoms with Crippen LogP contribution in [-0.4, -0.2) is 34.2 Å². The van der Waals surface area contributed by atoms with Crippen LogP contribution in [0.4, 0.5) is 5.69 Å². The third kappa shape index (κ3) is 2.51. The molecule has 0 spiro atoms. The average molecular weight is 245 g/mol. The minimum absolute atomic E-state index is 0.546. The third-order valence-electron chi connectivity index (χ3n) is 2.79. The van der Waals surface area contributed by atoms with Crippen molar-refractivity contribution in [1.29, 1.82) is 0 Å². The van der Waals surface area contributed by atoms with Crippen molar-refractivity contribution in [3.63, 3.8) is 0 Å². The highest BCUT2D eigenvalue weighted by Gasteiger charge is 2.03. The van der Waals surface area contributed by atoms with E-state index in [4.69, 9.17) is 5.11 Å². The van der Waals surface area contributed by atoms with Crippen LogP contribution >= 0.6 is 0 Å². The van der Waals surface area contributed by atoms with E-state index in [-0.39, 0.29) is 0 Å². The molecule has 94 valence electrons. The number of imidazole rings is 1. The Kier molecular flexibility index (Phi) is 3.32. The van der Waals surface area contributed by atoms with Crippen LogP contribution in [0.1, 0.15) is 0 Å². The van der Waals surface area contributed by atoms with E-state index < -0.39 is 5.97 Å². The lowest BCUT2D eigenvalue weighted by molar-refractivity contribution is -0.131. The molecule has 1 aromatic carbocycles. The Bertz CT molecular complexity index is 601. The molecule has 5 heteroatoms. The number of hydrogen-bond acceptors (Lipinski definition) is 3. The minimum Gasteiger partial charge on any atom is -0.478 e. The van der Waals surface area contributed by atoms with Crippen LogP contribution in [-0.2, 0) is 11.8 Å². The van der Waals surface area contributed by atoms with Gasteiger partial charge < -0.3 is 14.6 Å². The van der Waals surface area contributed by atoms with Crippen molar-refractivity contribution >= 4 is 22.7 Å². The Labute approximate surface area is 105 Å². The number of hydrogen-bond donors (Lipinski definition) is 1. The van der Waals surface area contributed by atoms with Gasteiger partial charge in [0.25, 0.3) is 0 Å². The molecule has 0 radical (unpaired) electrons. The van der Waals surface area contributed by atoms with Gasteiger partial charge in [0.05, 0.1) is 17.4 Å². The van der Waals surface area contributed by atoms with Crippen LogP contribution in [0.5, 0.6) is 0 Å². The summed E-state index contributed by atoms with van der Waals surface area (Å²) in [4.78, 5) is 16.6. The second-order valence-electron chi connectivity index (χ2n) is 4.15. The first-order valence-corrected chi connectivity index (χ1v) is 5.59. The maximum atomic E-state index is 10.4. The predicted molar refractivity (Wildman–Crippen MR) is 70.8 cm³/mol.